The third kappa shape index (κ3) is 5.31. The summed E-state index contributed by atoms with van der Waals surface area (Å²) in [6.45, 7) is 6.21. The van der Waals surface area contributed by atoms with Crippen molar-refractivity contribution in [1.82, 2.24) is 10.3 Å². The van der Waals surface area contributed by atoms with Gasteiger partial charge in [-0.1, -0.05) is 29.8 Å². The number of nitrogens with one attached hydrogen (secondary N) is 1. The van der Waals surface area contributed by atoms with Crippen molar-refractivity contribution >= 4 is 0 Å². The molecule has 1 heterocycles. The Labute approximate surface area is 161 Å². The zero-order chi connectivity index (χ0) is 19.1. The minimum atomic E-state index is 0.442. The van der Waals surface area contributed by atoms with E-state index in [0.29, 0.717) is 13.2 Å². The Kier molecular flexibility index (Phi) is 6.44. The molecule has 2 aromatic carbocycles. The van der Waals surface area contributed by atoms with Crippen molar-refractivity contribution in [3.63, 3.8) is 0 Å². The Morgan fingerprint density at radius 3 is 2.52 bits per heavy atom. The van der Waals surface area contributed by atoms with E-state index in [0.717, 1.165) is 29.3 Å². The second-order valence-electron chi connectivity index (χ2n) is 6.62. The van der Waals surface area contributed by atoms with Gasteiger partial charge in [-0.15, -0.1) is 0 Å². The molecule has 3 rings (SSSR count). The molecule has 3 aromatic rings. The fraction of sp³-hybridized carbons (Fsp3) is 0.261. The van der Waals surface area contributed by atoms with E-state index < -0.39 is 0 Å². The lowest BCUT2D eigenvalue weighted by Crippen LogP contribution is -2.14. The molecule has 0 spiro atoms. The second kappa shape index (κ2) is 9.19. The van der Waals surface area contributed by atoms with Gasteiger partial charge in [0.2, 0.25) is 0 Å². The molecule has 0 atom stereocenters. The molecule has 0 aliphatic rings. The Morgan fingerprint density at radius 1 is 0.926 bits per heavy atom. The zero-order valence-electron chi connectivity index (χ0n) is 16.2. The van der Waals surface area contributed by atoms with E-state index in [1.54, 1.807) is 13.3 Å². The Morgan fingerprint density at radius 2 is 1.78 bits per heavy atom. The maximum absolute atomic E-state index is 6.01. The molecule has 0 aliphatic carbocycles. The van der Waals surface area contributed by atoms with Crippen LogP contribution in [0.1, 0.15) is 27.9 Å². The van der Waals surface area contributed by atoms with Crippen LogP contribution in [-0.2, 0) is 19.7 Å². The molecule has 0 radical (unpaired) electrons. The van der Waals surface area contributed by atoms with Crippen molar-refractivity contribution in [2.45, 2.75) is 33.5 Å². The highest BCUT2D eigenvalue weighted by Gasteiger charge is 2.07. The number of hydrogen-bond acceptors (Lipinski definition) is 4. The molecule has 4 nitrogen and oxygen atoms in total. The normalized spacial score (nSPS) is 10.6. The number of nitrogens with zero attached hydrogens (tertiary/aromatic N) is 1. The lowest BCUT2D eigenvalue weighted by atomic mass is 10.1. The van der Waals surface area contributed by atoms with Crippen molar-refractivity contribution in [1.29, 1.82) is 0 Å². The van der Waals surface area contributed by atoms with Crippen molar-refractivity contribution in [2.75, 3.05) is 7.11 Å². The molecule has 0 saturated heterocycles. The number of pyridine rings is 1. The van der Waals surface area contributed by atoms with Gasteiger partial charge < -0.3 is 14.8 Å². The third-order valence-corrected chi connectivity index (χ3v) is 4.50. The first-order valence-electron chi connectivity index (χ1n) is 9.12. The number of aromatic nitrogens is 1. The second-order valence-corrected chi connectivity index (χ2v) is 6.62. The summed E-state index contributed by atoms with van der Waals surface area (Å²) >= 11 is 0. The molecule has 0 aliphatic heterocycles. The summed E-state index contributed by atoms with van der Waals surface area (Å²) in [7, 11) is 1.68. The summed E-state index contributed by atoms with van der Waals surface area (Å²) in [4.78, 5) is 4.31. The van der Waals surface area contributed by atoms with Crippen LogP contribution >= 0.6 is 0 Å². The van der Waals surface area contributed by atoms with Crippen LogP contribution in [0.15, 0.2) is 60.8 Å². The van der Waals surface area contributed by atoms with E-state index in [1.807, 2.05) is 36.4 Å². The zero-order valence-corrected chi connectivity index (χ0v) is 16.2. The van der Waals surface area contributed by atoms with E-state index in [2.05, 4.69) is 42.3 Å². The van der Waals surface area contributed by atoms with E-state index in [9.17, 15) is 0 Å². The van der Waals surface area contributed by atoms with Crippen LogP contribution in [0.3, 0.4) is 0 Å². The Balaban J connectivity index is 1.67. The van der Waals surface area contributed by atoms with Gasteiger partial charge in [0.15, 0.2) is 0 Å². The van der Waals surface area contributed by atoms with Crippen molar-refractivity contribution in [3.8, 4) is 11.5 Å². The van der Waals surface area contributed by atoms with Gasteiger partial charge >= 0.3 is 0 Å². The van der Waals surface area contributed by atoms with E-state index in [1.165, 1.54) is 16.7 Å². The predicted molar refractivity (Wildman–Crippen MR) is 108 cm³/mol. The average Bonchev–Trinajstić information content (AvgIpc) is 2.69. The van der Waals surface area contributed by atoms with Gasteiger partial charge in [-0.05, 0) is 55.3 Å². The summed E-state index contributed by atoms with van der Waals surface area (Å²) in [5.74, 6) is 1.66. The standard InChI is InChI=1S/C23H26N2O2/c1-17-7-8-19(18(2)12-17)14-24-15-20-13-22(26-3)9-10-23(20)27-16-21-6-4-5-11-25-21/h4-13,24H,14-16H2,1-3H3. The summed E-state index contributed by atoms with van der Waals surface area (Å²) in [6.07, 6.45) is 1.78. The first-order valence-corrected chi connectivity index (χ1v) is 9.12. The molecule has 0 amide bonds. The SMILES string of the molecule is COc1ccc(OCc2ccccn2)c(CNCc2ccc(C)cc2C)c1. The fourth-order valence-corrected chi connectivity index (χ4v) is 2.97. The first-order chi connectivity index (χ1) is 13.2. The van der Waals surface area contributed by atoms with Crippen LogP contribution in [0.2, 0.25) is 0 Å². The molecule has 1 aromatic heterocycles. The first kappa shape index (κ1) is 18.9. The van der Waals surface area contributed by atoms with Gasteiger partial charge in [-0.2, -0.15) is 0 Å². The molecule has 1 N–H and O–H groups in total. The highest BCUT2D eigenvalue weighted by atomic mass is 16.5. The molecule has 4 heteroatoms. The maximum Gasteiger partial charge on any atom is 0.130 e. The van der Waals surface area contributed by atoms with Gasteiger partial charge in [-0.3, -0.25) is 4.98 Å². The van der Waals surface area contributed by atoms with Crippen molar-refractivity contribution in [2.24, 2.45) is 0 Å². The largest absolute Gasteiger partial charge is 0.497 e. The van der Waals surface area contributed by atoms with Crippen LogP contribution in [0.5, 0.6) is 11.5 Å². The van der Waals surface area contributed by atoms with Crippen LogP contribution in [0.25, 0.3) is 0 Å². The number of benzene rings is 2. The van der Waals surface area contributed by atoms with E-state index in [4.69, 9.17) is 9.47 Å². The minimum Gasteiger partial charge on any atom is -0.497 e. The van der Waals surface area contributed by atoms with Crippen molar-refractivity contribution < 1.29 is 9.47 Å². The van der Waals surface area contributed by atoms with Crippen LogP contribution in [-0.4, -0.2) is 12.1 Å². The fourth-order valence-electron chi connectivity index (χ4n) is 2.97. The molecule has 27 heavy (non-hydrogen) atoms. The topological polar surface area (TPSA) is 43.4 Å². The number of aryl methyl sites for hydroxylation is 2. The Bertz CT molecular complexity index is 879. The van der Waals surface area contributed by atoms with E-state index in [-0.39, 0.29) is 0 Å². The number of rotatable bonds is 8. The lowest BCUT2D eigenvalue weighted by molar-refractivity contribution is 0.296. The molecule has 0 saturated carbocycles. The smallest absolute Gasteiger partial charge is 0.130 e. The number of methoxy groups -OCH3 is 1. The highest BCUT2D eigenvalue weighted by molar-refractivity contribution is 5.40. The monoisotopic (exact) mass is 362 g/mol. The molecular weight excluding hydrogens is 336 g/mol. The molecule has 0 bridgehead atoms. The Hall–Kier alpha value is -2.85. The van der Waals surface area contributed by atoms with E-state index >= 15 is 0 Å². The van der Waals surface area contributed by atoms with Crippen LogP contribution in [0.4, 0.5) is 0 Å². The minimum absolute atomic E-state index is 0.442. The van der Waals surface area contributed by atoms with Gasteiger partial charge in [0.1, 0.15) is 18.1 Å². The molecule has 0 unspecified atom stereocenters. The van der Waals surface area contributed by atoms with Crippen molar-refractivity contribution in [3.05, 3.63) is 88.7 Å². The van der Waals surface area contributed by atoms with Gasteiger partial charge in [0.25, 0.3) is 0 Å². The quantitative estimate of drug-likeness (QED) is 0.637. The van der Waals surface area contributed by atoms with Crippen LogP contribution in [0, 0.1) is 13.8 Å². The third-order valence-electron chi connectivity index (χ3n) is 4.50. The molecule has 0 fully saturated rings. The highest BCUT2D eigenvalue weighted by Crippen LogP contribution is 2.25. The summed E-state index contributed by atoms with van der Waals surface area (Å²) in [5.41, 5.74) is 5.87. The van der Waals surface area contributed by atoms with Gasteiger partial charge in [0.05, 0.1) is 12.8 Å². The number of ether oxygens (including phenoxy) is 2. The van der Waals surface area contributed by atoms with Crippen LogP contribution < -0.4 is 14.8 Å². The summed E-state index contributed by atoms with van der Waals surface area (Å²) < 4.78 is 11.4. The van der Waals surface area contributed by atoms with Gasteiger partial charge in [0, 0.05) is 24.8 Å². The summed E-state index contributed by atoms with van der Waals surface area (Å²) in [5, 5.41) is 3.52. The maximum atomic E-state index is 6.01. The number of hydrogen-bond donors (Lipinski definition) is 1. The predicted octanol–water partition coefficient (Wildman–Crippen LogP) is 4.58. The lowest BCUT2D eigenvalue weighted by Gasteiger charge is -2.14. The van der Waals surface area contributed by atoms with Gasteiger partial charge in [-0.25, -0.2) is 0 Å². The molecule has 140 valence electrons. The molecular formula is C23H26N2O2. The average molecular weight is 362 g/mol. The summed E-state index contributed by atoms with van der Waals surface area (Å²) in [6, 6.07) is 18.3.